The van der Waals surface area contributed by atoms with Crippen LogP contribution in [0.1, 0.15) is 32.4 Å². The van der Waals surface area contributed by atoms with Crippen LogP contribution in [0.15, 0.2) is 18.2 Å². The van der Waals surface area contributed by atoms with Crippen LogP contribution in [0.3, 0.4) is 0 Å². The van der Waals surface area contributed by atoms with Crippen molar-refractivity contribution in [2.75, 3.05) is 26.2 Å². The zero-order valence-electron chi connectivity index (χ0n) is 13.6. The normalized spacial score (nSPS) is 21.6. The van der Waals surface area contributed by atoms with Crippen LogP contribution in [0.25, 0.3) is 0 Å². The molecule has 3 rings (SSSR count). The molecule has 1 fully saturated rings. The van der Waals surface area contributed by atoms with Crippen molar-refractivity contribution >= 4 is 12.4 Å². The standard InChI is InChI=1S/C16H22F2N2O2.ClH/c1-15(2,3)14(20-8-6-19-7-9-20)11-4-5-12-13(10-11)22-16(17,18)21-12;/h4-5,10,14,19H,6-9H2,1-3H3;1H/t14-;/m0./s1. The van der Waals surface area contributed by atoms with E-state index >= 15 is 0 Å². The molecule has 7 heteroatoms. The van der Waals surface area contributed by atoms with Crippen molar-refractivity contribution in [3.63, 3.8) is 0 Å². The van der Waals surface area contributed by atoms with E-state index in [0.29, 0.717) is 0 Å². The molecule has 1 N–H and O–H groups in total. The molecule has 0 radical (unpaired) electrons. The number of alkyl halides is 2. The van der Waals surface area contributed by atoms with E-state index < -0.39 is 6.29 Å². The lowest BCUT2D eigenvalue weighted by Crippen LogP contribution is -2.48. The summed E-state index contributed by atoms with van der Waals surface area (Å²) in [4.78, 5) is 2.40. The molecule has 0 aromatic heterocycles. The quantitative estimate of drug-likeness (QED) is 0.888. The van der Waals surface area contributed by atoms with Gasteiger partial charge >= 0.3 is 6.29 Å². The molecule has 130 valence electrons. The zero-order valence-corrected chi connectivity index (χ0v) is 14.4. The van der Waals surface area contributed by atoms with Crippen LogP contribution in [0.2, 0.25) is 0 Å². The van der Waals surface area contributed by atoms with Gasteiger partial charge in [0.15, 0.2) is 11.5 Å². The summed E-state index contributed by atoms with van der Waals surface area (Å²) in [6.07, 6.45) is -3.56. The summed E-state index contributed by atoms with van der Waals surface area (Å²) in [6, 6.07) is 5.26. The molecule has 4 nitrogen and oxygen atoms in total. The molecule has 0 unspecified atom stereocenters. The minimum atomic E-state index is -3.56. The smallest absolute Gasteiger partial charge is 0.395 e. The van der Waals surface area contributed by atoms with Crippen LogP contribution in [0, 0.1) is 5.41 Å². The lowest BCUT2D eigenvalue weighted by Gasteiger charge is -2.42. The Bertz CT molecular complexity index is 558. The molecule has 1 saturated heterocycles. The fourth-order valence-corrected chi connectivity index (χ4v) is 3.33. The maximum Gasteiger partial charge on any atom is 0.586 e. The number of nitrogens with one attached hydrogen (secondary N) is 1. The summed E-state index contributed by atoms with van der Waals surface area (Å²) < 4.78 is 35.5. The van der Waals surface area contributed by atoms with Gasteiger partial charge < -0.3 is 14.8 Å². The van der Waals surface area contributed by atoms with Crippen LogP contribution < -0.4 is 14.8 Å². The predicted molar refractivity (Wildman–Crippen MR) is 86.5 cm³/mol. The monoisotopic (exact) mass is 348 g/mol. The molecule has 1 atom stereocenters. The lowest BCUT2D eigenvalue weighted by atomic mass is 9.81. The Kier molecular flexibility index (Phi) is 5.09. The number of rotatable bonds is 2. The van der Waals surface area contributed by atoms with Gasteiger partial charge in [0.05, 0.1) is 0 Å². The number of ether oxygens (including phenoxy) is 2. The van der Waals surface area contributed by atoms with E-state index in [1.807, 2.05) is 6.07 Å². The number of fused-ring (bicyclic) bond motifs is 1. The Morgan fingerprint density at radius 1 is 1.13 bits per heavy atom. The van der Waals surface area contributed by atoms with Crippen molar-refractivity contribution in [1.82, 2.24) is 10.2 Å². The highest BCUT2D eigenvalue weighted by molar-refractivity contribution is 5.85. The largest absolute Gasteiger partial charge is 0.586 e. The first-order valence-electron chi connectivity index (χ1n) is 7.61. The van der Waals surface area contributed by atoms with E-state index in [1.54, 1.807) is 12.1 Å². The minimum Gasteiger partial charge on any atom is -0.395 e. The van der Waals surface area contributed by atoms with E-state index in [0.717, 1.165) is 31.7 Å². The molecule has 0 amide bonds. The SMILES string of the molecule is CC(C)(C)[C@H](c1ccc2c(c1)OC(F)(F)O2)N1CCNCC1.Cl. The Morgan fingerprint density at radius 3 is 2.35 bits per heavy atom. The van der Waals surface area contributed by atoms with Gasteiger partial charge in [-0.1, -0.05) is 26.8 Å². The van der Waals surface area contributed by atoms with Gasteiger partial charge in [-0.25, -0.2) is 0 Å². The number of benzene rings is 1. The van der Waals surface area contributed by atoms with Crippen molar-refractivity contribution < 1.29 is 18.3 Å². The van der Waals surface area contributed by atoms with E-state index in [4.69, 9.17) is 0 Å². The first-order chi connectivity index (χ1) is 10.3. The third-order valence-electron chi connectivity index (χ3n) is 4.08. The number of hydrogen-bond acceptors (Lipinski definition) is 4. The summed E-state index contributed by atoms with van der Waals surface area (Å²) in [6.45, 7) is 10.3. The van der Waals surface area contributed by atoms with Crippen molar-refractivity contribution in [2.24, 2.45) is 5.41 Å². The van der Waals surface area contributed by atoms with Crippen molar-refractivity contribution in [1.29, 1.82) is 0 Å². The minimum absolute atomic E-state index is 0. The van der Waals surface area contributed by atoms with Crippen molar-refractivity contribution in [3.05, 3.63) is 23.8 Å². The summed E-state index contributed by atoms with van der Waals surface area (Å²) in [5.41, 5.74) is 0.961. The molecule has 2 aliphatic heterocycles. The molecule has 0 bridgehead atoms. The Labute approximate surface area is 141 Å². The number of nitrogens with zero attached hydrogens (tertiary/aromatic N) is 1. The highest BCUT2D eigenvalue weighted by atomic mass is 35.5. The maximum absolute atomic E-state index is 13.2. The van der Waals surface area contributed by atoms with Gasteiger partial charge in [-0.3, -0.25) is 4.90 Å². The average Bonchev–Trinajstić information content (AvgIpc) is 2.71. The first kappa shape index (κ1) is 18.2. The van der Waals surface area contributed by atoms with Gasteiger partial charge in [-0.05, 0) is 23.1 Å². The van der Waals surface area contributed by atoms with Crippen LogP contribution in [-0.2, 0) is 0 Å². The zero-order chi connectivity index (χ0) is 16.0. The fraction of sp³-hybridized carbons (Fsp3) is 0.625. The van der Waals surface area contributed by atoms with Crippen LogP contribution in [0.5, 0.6) is 11.5 Å². The summed E-state index contributed by atoms with van der Waals surface area (Å²) in [5, 5.41) is 3.34. The van der Waals surface area contributed by atoms with Crippen molar-refractivity contribution in [2.45, 2.75) is 33.1 Å². The highest BCUT2D eigenvalue weighted by Crippen LogP contribution is 2.45. The number of hydrogen-bond donors (Lipinski definition) is 1. The molecule has 2 aliphatic rings. The van der Waals surface area contributed by atoms with Crippen LogP contribution in [-0.4, -0.2) is 37.4 Å². The van der Waals surface area contributed by atoms with E-state index in [2.05, 4.69) is 40.5 Å². The van der Waals surface area contributed by atoms with Gasteiger partial charge in [-0.2, -0.15) is 0 Å². The molecule has 1 aromatic carbocycles. The average molecular weight is 349 g/mol. The number of halogens is 3. The molecule has 2 heterocycles. The molecule has 0 saturated carbocycles. The lowest BCUT2D eigenvalue weighted by molar-refractivity contribution is -0.286. The van der Waals surface area contributed by atoms with Gasteiger partial charge in [0.1, 0.15) is 0 Å². The maximum atomic E-state index is 13.2. The van der Waals surface area contributed by atoms with E-state index in [-0.39, 0.29) is 35.4 Å². The topological polar surface area (TPSA) is 33.7 Å². The second kappa shape index (κ2) is 6.42. The highest BCUT2D eigenvalue weighted by Gasteiger charge is 2.44. The van der Waals surface area contributed by atoms with Crippen LogP contribution >= 0.6 is 12.4 Å². The van der Waals surface area contributed by atoms with Crippen LogP contribution in [0.4, 0.5) is 8.78 Å². The third kappa shape index (κ3) is 3.87. The third-order valence-corrected chi connectivity index (χ3v) is 4.08. The molecule has 0 spiro atoms. The Balaban J connectivity index is 0.00000192. The van der Waals surface area contributed by atoms with Gasteiger partial charge in [0, 0.05) is 32.2 Å². The molecular formula is C16H23ClF2N2O2. The molecule has 23 heavy (non-hydrogen) atoms. The molecule has 1 aromatic rings. The predicted octanol–water partition coefficient (Wildman–Crippen LogP) is 3.42. The number of piperazine rings is 1. The van der Waals surface area contributed by atoms with Gasteiger partial charge in [0.25, 0.3) is 0 Å². The second-order valence-electron chi connectivity index (χ2n) is 6.93. The Hall–Kier alpha value is -1.11. The second-order valence-corrected chi connectivity index (χ2v) is 6.93. The van der Waals surface area contributed by atoms with E-state index in [9.17, 15) is 8.78 Å². The molecular weight excluding hydrogens is 326 g/mol. The van der Waals surface area contributed by atoms with Crippen molar-refractivity contribution in [3.8, 4) is 11.5 Å². The fourth-order valence-electron chi connectivity index (χ4n) is 3.33. The van der Waals surface area contributed by atoms with Gasteiger partial charge in [0.2, 0.25) is 0 Å². The summed E-state index contributed by atoms with van der Waals surface area (Å²) in [5.74, 6) is 0.216. The van der Waals surface area contributed by atoms with Gasteiger partial charge in [-0.15, -0.1) is 21.2 Å². The summed E-state index contributed by atoms with van der Waals surface area (Å²) >= 11 is 0. The van der Waals surface area contributed by atoms with E-state index in [1.165, 1.54) is 0 Å². The first-order valence-corrected chi connectivity index (χ1v) is 7.61. The molecule has 0 aliphatic carbocycles. The summed E-state index contributed by atoms with van der Waals surface area (Å²) in [7, 11) is 0. The Morgan fingerprint density at radius 2 is 1.74 bits per heavy atom.